The number of hydrogen-bond acceptors (Lipinski definition) is 4. The summed E-state index contributed by atoms with van der Waals surface area (Å²) >= 11 is 0. The van der Waals surface area contributed by atoms with Gasteiger partial charge in [-0.3, -0.25) is 4.79 Å². The van der Waals surface area contributed by atoms with Crippen LogP contribution in [0.4, 0.5) is 5.69 Å². The molecular formula is C22H21N3O2. The predicted molar refractivity (Wildman–Crippen MR) is 110 cm³/mol. The summed E-state index contributed by atoms with van der Waals surface area (Å²) in [4.78, 5) is 12.0. The van der Waals surface area contributed by atoms with Crippen LogP contribution in [-0.4, -0.2) is 23.8 Å². The van der Waals surface area contributed by atoms with Crippen LogP contribution in [0.3, 0.4) is 0 Å². The molecule has 0 bridgehead atoms. The number of carbonyl (C=O) groups excluding carboxylic acids is 1. The van der Waals surface area contributed by atoms with Crippen molar-refractivity contribution in [2.75, 3.05) is 11.9 Å². The molecule has 3 aromatic rings. The Labute approximate surface area is 158 Å². The molecule has 0 aromatic heterocycles. The Morgan fingerprint density at radius 1 is 1.07 bits per heavy atom. The quantitative estimate of drug-likeness (QED) is 0.341. The van der Waals surface area contributed by atoms with Crippen LogP contribution >= 0.6 is 0 Å². The highest BCUT2D eigenvalue weighted by molar-refractivity contribution is 5.88. The van der Waals surface area contributed by atoms with Crippen molar-refractivity contribution in [1.29, 1.82) is 0 Å². The molecular weight excluding hydrogens is 338 g/mol. The number of benzene rings is 3. The van der Waals surface area contributed by atoms with Gasteiger partial charge in [0.25, 0.3) is 5.91 Å². The van der Waals surface area contributed by atoms with Crippen LogP contribution in [0.15, 0.2) is 78.4 Å². The van der Waals surface area contributed by atoms with Crippen molar-refractivity contribution in [3.8, 4) is 5.75 Å². The number of amides is 1. The molecule has 0 radical (unpaired) electrons. The second-order valence-corrected chi connectivity index (χ2v) is 6.06. The van der Waals surface area contributed by atoms with Gasteiger partial charge < -0.3 is 10.4 Å². The molecule has 0 atom stereocenters. The number of nitrogens with zero attached hydrogens (tertiary/aromatic N) is 1. The zero-order valence-corrected chi connectivity index (χ0v) is 14.9. The van der Waals surface area contributed by atoms with Crippen LogP contribution in [0.25, 0.3) is 10.8 Å². The van der Waals surface area contributed by atoms with Gasteiger partial charge in [0.05, 0.1) is 12.8 Å². The van der Waals surface area contributed by atoms with E-state index in [2.05, 4.69) is 22.4 Å². The smallest absolute Gasteiger partial charge is 0.259 e. The van der Waals surface area contributed by atoms with E-state index in [9.17, 15) is 9.90 Å². The molecule has 3 N–H and O–H groups in total. The van der Waals surface area contributed by atoms with Gasteiger partial charge in [-0.1, -0.05) is 48.5 Å². The van der Waals surface area contributed by atoms with E-state index in [4.69, 9.17) is 0 Å². The standard InChI is InChI=1S/C22H21N3O2/c1-2-6-17-9-5-10-19(22(17)27)14-24-25-21(26)15-23-20-12-11-16-7-3-4-8-18(16)13-20/h2-5,7-14,23,27H,1,6,15H2,(H,25,26)/b24-14+. The van der Waals surface area contributed by atoms with E-state index in [0.717, 1.165) is 22.0 Å². The molecule has 0 heterocycles. The van der Waals surface area contributed by atoms with Crippen LogP contribution in [0.1, 0.15) is 11.1 Å². The molecule has 27 heavy (non-hydrogen) atoms. The fourth-order valence-corrected chi connectivity index (χ4v) is 2.73. The highest BCUT2D eigenvalue weighted by Crippen LogP contribution is 2.21. The van der Waals surface area contributed by atoms with Gasteiger partial charge in [0.1, 0.15) is 5.75 Å². The topological polar surface area (TPSA) is 73.7 Å². The number of carbonyl (C=O) groups is 1. The lowest BCUT2D eigenvalue weighted by Gasteiger charge is -2.07. The summed E-state index contributed by atoms with van der Waals surface area (Å²) in [5.41, 5.74) is 4.62. The first kappa shape index (κ1) is 18.2. The fraction of sp³-hybridized carbons (Fsp3) is 0.0909. The minimum Gasteiger partial charge on any atom is -0.507 e. The molecule has 3 rings (SSSR count). The van der Waals surface area contributed by atoms with Crippen molar-refractivity contribution in [1.82, 2.24) is 5.43 Å². The largest absolute Gasteiger partial charge is 0.507 e. The summed E-state index contributed by atoms with van der Waals surface area (Å²) in [6.07, 6.45) is 3.71. The second-order valence-electron chi connectivity index (χ2n) is 6.06. The van der Waals surface area contributed by atoms with Gasteiger partial charge in [0.2, 0.25) is 0 Å². The predicted octanol–water partition coefficient (Wildman–Crippen LogP) is 3.84. The number of hydrazone groups is 1. The maximum absolute atomic E-state index is 12.0. The number of aromatic hydroxyl groups is 1. The number of fused-ring (bicyclic) bond motifs is 1. The molecule has 3 aromatic carbocycles. The summed E-state index contributed by atoms with van der Waals surface area (Å²) in [5, 5.41) is 19.4. The average molecular weight is 359 g/mol. The van der Waals surface area contributed by atoms with Gasteiger partial charge in [0.15, 0.2) is 0 Å². The van der Waals surface area contributed by atoms with Crippen molar-refractivity contribution in [3.63, 3.8) is 0 Å². The lowest BCUT2D eigenvalue weighted by molar-refractivity contribution is -0.119. The third-order valence-corrected chi connectivity index (χ3v) is 4.11. The summed E-state index contributed by atoms with van der Waals surface area (Å²) in [6, 6.07) is 19.3. The Morgan fingerprint density at radius 2 is 1.89 bits per heavy atom. The lowest BCUT2D eigenvalue weighted by atomic mass is 10.1. The Hall–Kier alpha value is -3.60. The Bertz CT molecular complexity index is 996. The normalized spacial score (nSPS) is 10.8. The van der Waals surface area contributed by atoms with Gasteiger partial charge in [-0.05, 0) is 41.0 Å². The number of anilines is 1. The van der Waals surface area contributed by atoms with Gasteiger partial charge in [-0.15, -0.1) is 6.58 Å². The van der Waals surface area contributed by atoms with E-state index in [0.29, 0.717) is 12.0 Å². The summed E-state index contributed by atoms with van der Waals surface area (Å²) in [6.45, 7) is 3.76. The zero-order chi connectivity index (χ0) is 19.1. The van der Waals surface area contributed by atoms with Crippen LogP contribution in [0.5, 0.6) is 5.75 Å². The first-order chi connectivity index (χ1) is 13.2. The number of allylic oxidation sites excluding steroid dienone is 1. The first-order valence-electron chi connectivity index (χ1n) is 8.63. The minimum atomic E-state index is -0.277. The van der Waals surface area contributed by atoms with Gasteiger partial charge in [-0.2, -0.15) is 5.10 Å². The van der Waals surface area contributed by atoms with Crippen LogP contribution in [0, 0.1) is 0 Å². The van der Waals surface area contributed by atoms with E-state index < -0.39 is 0 Å². The SMILES string of the molecule is C=CCc1cccc(/C=N/NC(=O)CNc2ccc3ccccc3c2)c1O. The summed E-state index contributed by atoms with van der Waals surface area (Å²) in [5.74, 6) is -0.133. The molecule has 1 amide bonds. The Morgan fingerprint density at radius 3 is 2.70 bits per heavy atom. The molecule has 5 nitrogen and oxygen atoms in total. The zero-order valence-electron chi connectivity index (χ0n) is 14.9. The van der Waals surface area contributed by atoms with E-state index >= 15 is 0 Å². The van der Waals surface area contributed by atoms with E-state index in [-0.39, 0.29) is 18.2 Å². The number of phenolic OH excluding ortho intramolecular Hbond substituents is 1. The maximum Gasteiger partial charge on any atom is 0.259 e. The Balaban J connectivity index is 1.55. The van der Waals surface area contributed by atoms with E-state index in [1.165, 1.54) is 6.21 Å². The molecule has 0 aliphatic heterocycles. The summed E-state index contributed by atoms with van der Waals surface area (Å²) < 4.78 is 0. The van der Waals surface area contributed by atoms with Crippen molar-refractivity contribution in [2.45, 2.75) is 6.42 Å². The second kappa shape index (κ2) is 8.67. The van der Waals surface area contributed by atoms with Crippen molar-refractivity contribution in [2.24, 2.45) is 5.10 Å². The highest BCUT2D eigenvalue weighted by Gasteiger charge is 2.04. The van der Waals surface area contributed by atoms with Crippen LogP contribution in [0.2, 0.25) is 0 Å². The average Bonchev–Trinajstić information content (AvgIpc) is 2.69. The number of para-hydroxylation sites is 1. The number of hydrogen-bond donors (Lipinski definition) is 3. The van der Waals surface area contributed by atoms with Crippen molar-refractivity contribution < 1.29 is 9.90 Å². The van der Waals surface area contributed by atoms with Gasteiger partial charge in [0, 0.05) is 11.3 Å². The monoisotopic (exact) mass is 359 g/mol. The van der Waals surface area contributed by atoms with Crippen LogP contribution < -0.4 is 10.7 Å². The van der Waals surface area contributed by atoms with E-state index in [1.54, 1.807) is 12.1 Å². The molecule has 0 aliphatic rings. The third-order valence-electron chi connectivity index (χ3n) is 4.11. The maximum atomic E-state index is 12.0. The highest BCUT2D eigenvalue weighted by atomic mass is 16.3. The molecule has 136 valence electrons. The van der Waals surface area contributed by atoms with Gasteiger partial charge in [-0.25, -0.2) is 5.43 Å². The third kappa shape index (κ3) is 4.73. The molecule has 0 fully saturated rings. The van der Waals surface area contributed by atoms with Gasteiger partial charge >= 0.3 is 0 Å². The van der Waals surface area contributed by atoms with E-state index in [1.807, 2.05) is 54.6 Å². The number of nitrogens with one attached hydrogen (secondary N) is 2. The summed E-state index contributed by atoms with van der Waals surface area (Å²) in [7, 11) is 0. The molecule has 0 saturated carbocycles. The van der Waals surface area contributed by atoms with Crippen LogP contribution in [-0.2, 0) is 11.2 Å². The molecule has 5 heteroatoms. The first-order valence-corrected chi connectivity index (χ1v) is 8.63. The molecule has 0 aliphatic carbocycles. The molecule has 0 spiro atoms. The molecule has 0 unspecified atom stereocenters. The lowest BCUT2D eigenvalue weighted by Crippen LogP contribution is -2.25. The fourth-order valence-electron chi connectivity index (χ4n) is 2.73. The van der Waals surface area contributed by atoms with Crippen molar-refractivity contribution >= 4 is 28.6 Å². The van der Waals surface area contributed by atoms with Crippen molar-refractivity contribution in [3.05, 3.63) is 84.4 Å². The minimum absolute atomic E-state index is 0.0954. The Kier molecular flexibility index (Phi) is 5.84. The number of rotatable bonds is 7. The molecule has 0 saturated heterocycles. The number of phenols is 1.